The zero-order valence-electron chi connectivity index (χ0n) is 12.1. The molecule has 0 aliphatic carbocycles. The van der Waals surface area contributed by atoms with Gasteiger partial charge in [0.2, 0.25) is 0 Å². The molecule has 2 rings (SSSR count). The van der Waals surface area contributed by atoms with E-state index in [1.807, 2.05) is 0 Å². The molecule has 1 saturated heterocycles. The molecule has 3 heteroatoms. The first-order chi connectivity index (χ1) is 9.11. The highest BCUT2D eigenvalue weighted by molar-refractivity contribution is 5.49. The molecule has 1 fully saturated rings. The zero-order chi connectivity index (χ0) is 13.8. The molecule has 2 unspecified atom stereocenters. The van der Waals surface area contributed by atoms with Gasteiger partial charge in [0.05, 0.1) is 18.5 Å². The van der Waals surface area contributed by atoms with E-state index in [9.17, 15) is 0 Å². The highest BCUT2D eigenvalue weighted by Crippen LogP contribution is 2.24. The van der Waals surface area contributed by atoms with Crippen LogP contribution < -0.4 is 4.90 Å². The third-order valence-electron chi connectivity index (χ3n) is 4.17. The summed E-state index contributed by atoms with van der Waals surface area (Å²) in [6.07, 6.45) is 1.73. The Hall–Kier alpha value is -1.53. The summed E-state index contributed by atoms with van der Waals surface area (Å²) in [7, 11) is 2.16. The van der Waals surface area contributed by atoms with Crippen LogP contribution in [0.15, 0.2) is 24.3 Å². The van der Waals surface area contributed by atoms with Gasteiger partial charge in [-0.3, -0.25) is 0 Å². The van der Waals surface area contributed by atoms with Gasteiger partial charge in [-0.2, -0.15) is 5.26 Å². The highest BCUT2D eigenvalue weighted by atomic mass is 15.2. The largest absolute Gasteiger partial charge is 0.366 e. The van der Waals surface area contributed by atoms with Gasteiger partial charge in [-0.25, -0.2) is 0 Å². The van der Waals surface area contributed by atoms with E-state index in [4.69, 9.17) is 5.26 Å². The number of benzene rings is 1. The van der Waals surface area contributed by atoms with E-state index < -0.39 is 0 Å². The van der Waals surface area contributed by atoms with Gasteiger partial charge in [-0.1, -0.05) is 17.7 Å². The second-order valence-corrected chi connectivity index (χ2v) is 5.62. The minimum absolute atomic E-state index is 0.294. The Morgan fingerprint density at radius 1 is 1.32 bits per heavy atom. The minimum Gasteiger partial charge on any atom is -0.366 e. The van der Waals surface area contributed by atoms with Crippen LogP contribution in [0.25, 0.3) is 0 Å². The first kappa shape index (κ1) is 13.9. The maximum absolute atomic E-state index is 9.08. The molecule has 0 radical (unpaired) electrons. The van der Waals surface area contributed by atoms with Crippen molar-refractivity contribution in [3.8, 4) is 6.07 Å². The average molecular weight is 257 g/mol. The first-order valence-corrected chi connectivity index (χ1v) is 7.02. The summed E-state index contributed by atoms with van der Waals surface area (Å²) in [5.41, 5.74) is 2.52. The molecule has 1 heterocycles. The fourth-order valence-electron chi connectivity index (χ4n) is 2.70. The molecule has 0 N–H and O–H groups in total. The second-order valence-electron chi connectivity index (χ2n) is 5.62. The lowest BCUT2D eigenvalue weighted by molar-refractivity contribution is 0.255. The number of aryl methyl sites for hydroxylation is 1. The fourth-order valence-corrected chi connectivity index (χ4v) is 2.70. The van der Waals surface area contributed by atoms with Crippen LogP contribution in [-0.2, 0) is 0 Å². The second kappa shape index (κ2) is 6.08. The van der Waals surface area contributed by atoms with Crippen LogP contribution in [0.5, 0.6) is 0 Å². The normalized spacial score (nSPS) is 24.8. The summed E-state index contributed by atoms with van der Waals surface area (Å²) in [5.74, 6) is 0. The Kier molecular flexibility index (Phi) is 4.44. The fraction of sp³-hybridized carbons (Fsp3) is 0.562. The molecular formula is C16H23N3. The molecule has 2 atom stereocenters. The van der Waals surface area contributed by atoms with Gasteiger partial charge in [0, 0.05) is 24.8 Å². The maximum Gasteiger partial charge on any atom is 0.0643 e. The SMILES string of the molecule is Cc1ccc(N2CCC(C)N(C)CC2CC#N)cc1. The monoisotopic (exact) mass is 257 g/mol. The molecular weight excluding hydrogens is 234 g/mol. The number of anilines is 1. The van der Waals surface area contributed by atoms with Crippen molar-refractivity contribution in [1.29, 1.82) is 5.26 Å². The summed E-state index contributed by atoms with van der Waals surface area (Å²) in [4.78, 5) is 4.78. The highest BCUT2D eigenvalue weighted by Gasteiger charge is 2.26. The molecule has 3 nitrogen and oxygen atoms in total. The van der Waals surface area contributed by atoms with Crippen molar-refractivity contribution in [3.05, 3.63) is 29.8 Å². The Bertz CT molecular complexity index is 446. The Balaban J connectivity index is 2.24. The quantitative estimate of drug-likeness (QED) is 0.816. The molecule has 1 aliphatic heterocycles. The molecule has 1 aliphatic rings. The maximum atomic E-state index is 9.08. The van der Waals surface area contributed by atoms with Crippen LogP contribution >= 0.6 is 0 Å². The van der Waals surface area contributed by atoms with Gasteiger partial charge in [0.25, 0.3) is 0 Å². The van der Waals surface area contributed by atoms with E-state index in [2.05, 4.69) is 61.0 Å². The van der Waals surface area contributed by atoms with E-state index in [1.54, 1.807) is 0 Å². The molecule has 0 saturated carbocycles. The van der Waals surface area contributed by atoms with Gasteiger partial charge < -0.3 is 9.80 Å². The number of rotatable bonds is 2. The van der Waals surface area contributed by atoms with Gasteiger partial charge in [0.1, 0.15) is 0 Å². The number of hydrogen-bond acceptors (Lipinski definition) is 3. The predicted octanol–water partition coefficient (Wildman–Crippen LogP) is 2.81. The van der Waals surface area contributed by atoms with Crippen molar-refractivity contribution < 1.29 is 0 Å². The van der Waals surface area contributed by atoms with Crippen LogP contribution in [0, 0.1) is 18.3 Å². The standard InChI is InChI=1S/C16H23N3/c1-13-4-6-15(7-5-13)19-11-9-14(2)18(3)12-16(19)8-10-17/h4-7,14,16H,8-9,11-12H2,1-3H3. The minimum atomic E-state index is 0.294. The smallest absolute Gasteiger partial charge is 0.0643 e. The van der Waals surface area contributed by atoms with Gasteiger partial charge in [-0.05, 0) is 39.4 Å². The van der Waals surface area contributed by atoms with Gasteiger partial charge >= 0.3 is 0 Å². The van der Waals surface area contributed by atoms with Crippen molar-refractivity contribution >= 4 is 5.69 Å². The third-order valence-corrected chi connectivity index (χ3v) is 4.17. The Morgan fingerprint density at radius 3 is 2.63 bits per heavy atom. The van der Waals surface area contributed by atoms with Crippen LogP contribution in [0.2, 0.25) is 0 Å². The predicted molar refractivity (Wildman–Crippen MR) is 79.3 cm³/mol. The van der Waals surface area contributed by atoms with Crippen LogP contribution in [0.4, 0.5) is 5.69 Å². The van der Waals surface area contributed by atoms with Crippen LogP contribution in [0.1, 0.15) is 25.3 Å². The van der Waals surface area contributed by atoms with Crippen molar-refractivity contribution in [2.75, 3.05) is 25.0 Å². The van der Waals surface area contributed by atoms with E-state index in [1.165, 1.54) is 11.3 Å². The van der Waals surface area contributed by atoms with Crippen LogP contribution in [0.3, 0.4) is 0 Å². The molecule has 102 valence electrons. The summed E-state index contributed by atoms with van der Waals surface area (Å²) in [6, 6.07) is 11.9. The summed E-state index contributed by atoms with van der Waals surface area (Å²) in [6.45, 7) is 6.36. The van der Waals surface area contributed by atoms with Gasteiger partial charge in [0.15, 0.2) is 0 Å². The lowest BCUT2D eigenvalue weighted by atomic mass is 10.1. The number of likely N-dealkylation sites (N-methyl/N-ethyl adjacent to an activating group) is 1. The first-order valence-electron chi connectivity index (χ1n) is 7.02. The number of hydrogen-bond donors (Lipinski definition) is 0. The number of nitriles is 1. The zero-order valence-corrected chi connectivity index (χ0v) is 12.1. The van der Waals surface area contributed by atoms with Gasteiger partial charge in [-0.15, -0.1) is 0 Å². The molecule has 0 aromatic heterocycles. The molecule has 0 spiro atoms. The third kappa shape index (κ3) is 3.27. The van der Waals surface area contributed by atoms with Crippen molar-refractivity contribution in [3.63, 3.8) is 0 Å². The molecule has 0 amide bonds. The average Bonchev–Trinajstić information content (AvgIpc) is 2.52. The lowest BCUT2D eigenvalue weighted by Crippen LogP contribution is -2.40. The summed E-state index contributed by atoms with van der Waals surface area (Å²) < 4.78 is 0. The lowest BCUT2D eigenvalue weighted by Gasteiger charge is -2.31. The van der Waals surface area contributed by atoms with E-state index in [0.29, 0.717) is 18.5 Å². The summed E-state index contributed by atoms with van der Waals surface area (Å²) in [5, 5.41) is 9.08. The van der Waals surface area contributed by atoms with Crippen molar-refractivity contribution in [2.24, 2.45) is 0 Å². The Labute approximate surface area is 116 Å². The molecule has 1 aromatic rings. The van der Waals surface area contributed by atoms with E-state index >= 15 is 0 Å². The van der Waals surface area contributed by atoms with E-state index in [0.717, 1.165) is 19.5 Å². The topological polar surface area (TPSA) is 30.3 Å². The molecule has 0 bridgehead atoms. The van der Waals surface area contributed by atoms with Crippen molar-refractivity contribution in [2.45, 2.75) is 38.8 Å². The summed E-state index contributed by atoms with van der Waals surface area (Å²) >= 11 is 0. The van der Waals surface area contributed by atoms with Crippen LogP contribution in [-0.4, -0.2) is 37.1 Å². The van der Waals surface area contributed by atoms with E-state index in [-0.39, 0.29) is 0 Å². The Morgan fingerprint density at radius 2 is 2.00 bits per heavy atom. The molecule has 19 heavy (non-hydrogen) atoms. The molecule has 1 aromatic carbocycles. The number of nitrogens with zero attached hydrogens (tertiary/aromatic N) is 3. The van der Waals surface area contributed by atoms with Crippen molar-refractivity contribution in [1.82, 2.24) is 4.90 Å².